The van der Waals surface area contributed by atoms with Crippen molar-refractivity contribution in [1.29, 1.82) is 0 Å². The first-order valence-electron chi connectivity index (χ1n) is 5.44. The number of Topliss-reactive ketones (excluding diaryl/α,β-unsaturated/α-hetero) is 1. The lowest BCUT2D eigenvalue weighted by atomic mass is 10.1. The van der Waals surface area contributed by atoms with Gasteiger partial charge in [-0.15, -0.1) is 0 Å². The first-order valence-corrected chi connectivity index (χ1v) is 5.44. The van der Waals surface area contributed by atoms with Crippen LogP contribution in [0.2, 0.25) is 0 Å². The zero-order valence-corrected chi connectivity index (χ0v) is 10.3. The molecular weight excluding hydrogens is 210 g/mol. The number of ketones is 1. The summed E-state index contributed by atoms with van der Waals surface area (Å²) >= 11 is 0. The van der Waals surface area contributed by atoms with Gasteiger partial charge in [-0.1, -0.05) is 12.1 Å². The number of nitrogens with zero attached hydrogens (tertiary/aromatic N) is 1. The van der Waals surface area contributed by atoms with E-state index in [4.69, 9.17) is 14.3 Å². The van der Waals surface area contributed by atoms with Gasteiger partial charge in [0.15, 0.2) is 0 Å². The monoisotopic (exact) mass is 231 g/mol. The Morgan fingerprint density at radius 2 is 2.06 bits per heavy atom. The third-order valence-corrected chi connectivity index (χ3v) is 1.77. The van der Waals surface area contributed by atoms with Crippen LogP contribution in [0, 0.1) is 0 Å². The summed E-state index contributed by atoms with van der Waals surface area (Å²) in [6, 6.07) is 0. The average molecular weight is 231 g/mol. The second-order valence-electron chi connectivity index (χ2n) is 3.44. The fourth-order valence-electron chi connectivity index (χ4n) is 1.06. The molecule has 0 aromatic carbocycles. The standard InChI is InChI=1S/C11H21NO4/c1-4-5-11(13)8-10(2)12-16-9-15-7-6-14-3/h4-9H2,1-3H3/b12-10+. The number of methoxy groups -OCH3 is 1. The molecule has 0 aromatic rings. The molecule has 0 aliphatic carbocycles. The number of ether oxygens (including phenoxy) is 2. The highest BCUT2D eigenvalue weighted by Crippen LogP contribution is 1.97. The Hall–Kier alpha value is -0.940. The zero-order valence-electron chi connectivity index (χ0n) is 10.3. The van der Waals surface area contributed by atoms with Crippen LogP contribution < -0.4 is 0 Å². The maximum absolute atomic E-state index is 11.2. The maximum atomic E-state index is 11.2. The molecule has 0 fully saturated rings. The van der Waals surface area contributed by atoms with Crippen molar-refractivity contribution in [3.63, 3.8) is 0 Å². The van der Waals surface area contributed by atoms with Gasteiger partial charge in [0.1, 0.15) is 5.78 Å². The van der Waals surface area contributed by atoms with Crippen molar-refractivity contribution in [3.05, 3.63) is 0 Å². The van der Waals surface area contributed by atoms with Gasteiger partial charge in [0.05, 0.1) is 18.9 Å². The van der Waals surface area contributed by atoms with Gasteiger partial charge in [0.2, 0.25) is 6.79 Å². The van der Waals surface area contributed by atoms with E-state index in [0.717, 1.165) is 6.42 Å². The van der Waals surface area contributed by atoms with Gasteiger partial charge < -0.3 is 14.3 Å². The van der Waals surface area contributed by atoms with E-state index in [0.29, 0.717) is 31.8 Å². The molecule has 0 aromatic heterocycles. The molecule has 0 bridgehead atoms. The molecule has 5 heteroatoms. The van der Waals surface area contributed by atoms with Gasteiger partial charge in [0, 0.05) is 20.0 Å². The highest BCUT2D eigenvalue weighted by molar-refractivity contribution is 6.00. The molecule has 0 unspecified atom stereocenters. The molecular formula is C11H21NO4. The van der Waals surface area contributed by atoms with Crippen molar-refractivity contribution in [1.82, 2.24) is 0 Å². The molecule has 0 aliphatic heterocycles. The Kier molecular flexibility index (Phi) is 9.95. The number of oxime groups is 1. The quantitative estimate of drug-likeness (QED) is 0.249. The summed E-state index contributed by atoms with van der Waals surface area (Å²) in [5.74, 6) is 0.188. The van der Waals surface area contributed by atoms with Crippen LogP contribution in [0.4, 0.5) is 0 Å². The predicted octanol–water partition coefficient (Wildman–Crippen LogP) is 1.76. The van der Waals surface area contributed by atoms with Gasteiger partial charge in [0.25, 0.3) is 0 Å². The van der Waals surface area contributed by atoms with Crippen molar-refractivity contribution >= 4 is 11.5 Å². The molecule has 0 rings (SSSR count). The Labute approximate surface area is 96.7 Å². The molecule has 0 heterocycles. The topological polar surface area (TPSA) is 57.1 Å². The van der Waals surface area contributed by atoms with Crippen LogP contribution in [0.25, 0.3) is 0 Å². The number of carbonyl (C=O) groups excluding carboxylic acids is 1. The van der Waals surface area contributed by atoms with Crippen LogP contribution in [0.15, 0.2) is 5.16 Å². The van der Waals surface area contributed by atoms with Gasteiger partial charge in [-0.25, -0.2) is 0 Å². The molecule has 0 spiro atoms. The lowest BCUT2D eigenvalue weighted by Crippen LogP contribution is -2.07. The predicted molar refractivity (Wildman–Crippen MR) is 61.4 cm³/mol. The first kappa shape index (κ1) is 15.1. The van der Waals surface area contributed by atoms with Crippen LogP contribution in [0.3, 0.4) is 0 Å². The van der Waals surface area contributed by atoms with Gasteiger partial charge in [-0.05, 0) is 13.3 Å². The van der Waals surface area contributed by atoms with Crippen LogP contribution in [-0.4, -0.2) is 38.6 Å². The molecule has 94 valence electrons. The number of carbonyl (C=O) groups is 1. The van der Waals surface area contributed by atoms with Crippen molar-refractivity contribution in [2.75, 3.05) is 27.1 Å². The SMILES string of the molecule is CCCC(=O)C/C(C)=N/OCOCCOC. The number of hydrogen-bond donors (Lipinski definition) is 0. The summed E-state index contributed by atoms with van der Waals surface area (Å²) in [7, 11) is 1.60. The van der Waals surface area contributed by atoms with E-state index in [-0.39, 0.29) is 12.6 Å². The van der Waals surface area contributed by atoms with Crippen LogP contribution >= 0.6 is 0 Å². The van der Waals surface area contributed by atoms with Crippen LogP contribution in [0.1, 0.15) is 33.1 Å². The first-order chi connectivity index (χ1) is 7.70. The van der Waals surface area contributed by atoms with Crippen molar-refractivity contribution in [2.24, 2.45) is 5.16 Å². The molecule has 0 saturated carbocycles. The highest BCUT2D eigenvalue weighted by atomic mass is 16.7. The summed E-state index contributed by atoms with van der Waals surface area (Å²) in [6.07, 6.45) is 1.82. The lowest BCUT2D eigenvalue weighted by Gasteiger charge is -2.03. The molecule has 5 nitrogen and oxygen atoms in total. The summed E-state index contributed by atoms with van der Waals surface area (Å²) in [6.45, 7) is 4.83. The molecule has 0 aliphatic rings. The van der Waals surface area contributed by atoms with E-state index >= 15 is 0 Å². The Balaban J connectivity index is 3.51. The molecule has 0 saturated heterocycles. The van der Waals surface area contributed by atoms with Gasteiger partial charge in [-0.3, -0.25) is 4.79 Å². The van der Waals surface area contributed by atoms with E-state index in [1.54, 1.807) is 14.0 Å². The van der Waals surface area contributed by atoms with E-state index < -0.39 is 0 Å². The van der Waals surface area contributed by atoms with E-state index in [2.05, 4.69) is 5.16 Å². The second kappa shape index (κ2) is 10.6. The summed E-state index contributed by atoms with van der Waals surface area (Å²) in [5, 5.41) is 3.77. The van der Waals surface area contributed by atoms with Gasteiger partial charge in [-0.2, -0.15) is 0 Å². The van der Waals surface area contributed by atoms with Gasteiger partial charge >= 0.3 is 0 Å². The van der Waals surface area contributed by atoms with Crippen molar-refractivity contribution in [3.8, 4) is 0 Å². The maximum Gasteiger partial charge on any atom is 0.216 e. The van der Waals surface area contributed by atoms with E-state index in [9.17, 15) is 4.79 Å². The largest absolute Gasteiger partial charge is 0.382 e. The average Bonchev–Trinajstić information content (AvgIpc) is 2.23. The minimum atomic E-state index is 0.0860. The minimum Gasteiger partial charge on any atom is -0.382 e. The molecule has 16 heavy (non-hydrogen) atoms. The fourth-order valence-corrected chi connectivity index (χ4v) is 1.06. The molecule has 0 N–H and O–H groups in total. The summed E-state index contributed by atoms with van der Waals surface area (Å²) < 4.78 is 9.83. The third-order valence-electron chi connectivity index (χ3n) is 1.77. The molecule has 0 amide bonds. The minimum absolute atomic E-state index is 0.0860. The van der Waals surface area contributed by atoms with Crippen molar-refractivity contribution in [2.45, 2.75) is 33.1 Å². The number of hydrogen-bond acceptors (Lipinski definition) is 5. The summed E-state index contributed by atoms with van der Waals surface area (Å²) in [4.78, 5) is 16.1. The van der Waals surface area contributed by atoms with Crippen LogP contribution in [-0.2, 0) is 19.1 Å². The Bertz CT molecular complexity index is 216. The number of rotatable bonds is 10. The van der Waals surface area contributed by atoms with E-state index in [1.165, 1.54) is 0 Å². The van der Waals surface area contributed by atoms with E-state index in [1.807, 2.05) is 6.92 Å². The molecule has 0 atom stereocenters. The fraction of sp³-hybridized carbons (Fsp3) is 0.818. The Morgan fingerprint density at radius 1 is 1.31 bits per heavy atom. The summed E-state index contributed by atoms with van der Waals surface area (Å²) in [5.41, 5.74) is 0.675. The second-order valence-corrected chi connectivity index (χ2v) is 3.44. The van der Waals surface area contributed by atoms with Crippen molar-refractivity contribution < 1.29 is 19.1 Å². The lowest BCUT2D eigenvalue weighted by molar-refractivity contribution is -0.118. The smallest absolute Gasteiger partial charge is 0.216 e. The van der Waals surface area contributed by atoms with Crippen LogP contribution in [0.5, 0.6) is 0 Å². The normalized spacial score (nSPS) is 11.6. The highest BCUT2D eigenvalue weighted by Gasteiger charge is 2.02. The third kappa shape index (κ3) is 9.61. The molecule has 0 radical (unpaired) electrons. The zero-order chi connectivity index (χ0) is 12.2. The Morgan fingerprint density at radius 3 is 2.69 bits per heavy atom.